The minimum absolute atomic E-state index is 0.652. The van der Waals surface area contributed by atoms with E-state index in [9.17, 15) is 0 Å². The molecule has 78 valence electrons. The van der Waals surface area contributed by atoms with Gasteiger partial charge in [0.05, 0.1) is 11.5 Å². The van der Waals surface area contributed by atoms with E-state index in [1.165, 1.54) is 32.4 Å². The van der Waals surface area contributed by atoms with Crippen molar-refractivity contribution < 1.29 is 0 Å². The van der Waals surface area contributed by atoms with Gasteiger partial charge in [0, 0.05) is 19.3 Å². The average Bonchev–Trinajstić information content (AvgIpc) is 2.66. The van der Waals surface area contributed by atoms with E-state index in [4.69, 9.17) is 0 Å². The van der Waals surface area contributed by atoms with Crippen LogP contribution >= 0.6 is 11.8 Å². The van der Waals surface area contributed by atoms with E-state index < -0.39 is 0 Å². The van der Waals surface area contributed by atoms with Crippen LogP contribution in [0.25, 0.3) is 0 Å². The number of piperidine rings is 3. The Hall–Kier alpha value is -0.150. The molecule has 0 saturated carbocycles. The molecule has 2 unspecified atom stereocenters. The van der Waals surface area contributed by atoms with Gasteiger partial charge in [-0.15, -0.1) is 11.8 Å². The maximum absolute atomic E-state index is 2.67. The first-order valence-corrected chi connectivity index (χ1v) is 6.62. The van der Waals surface area contributed by atoms with Crippen LogP contribution < -0.4 is 0 Å². The second kappa shape index (κ2) is 3.46. The Kier molecular flexibility index (Phi) is 2.25. The van der Waals surface area contributed by atoms with Gasteiger partial charge < -0.3 is 4.90 Å². The summed E-state index contributed by atoms with van der Waals surface area (Å²) in [6.45, 7) is 4.97. The molecule has 14 heavy (non-hydrogen) atoms. The van der Waals surface area contributed by atoms with Crippen molar-refractivity contribution >= 4 is 11.8 Å². The summed E-state index contributed by atoms with van der Waals surface area (Å²) in [7, 11) is 0. The highest BCUT2D eigenvalue weighted by Crippen LogP contribution is 2.37. The highest BCUT2D eigenvalue weighted by Gasteiger charge is 2.38. The van der Waals surface area contributed by atoms with Gasteiger partial charge in [-0.2, -0.15) is 0 Å². The number of hydrogen-bond donors (Lipinski definition) is 0. The zero-order valence-electron chi connectivity index (χ0n) is 8.72. The van der Waals surface area contributed by atoms with E-state index in [1.54, 1.807) is 0 Å². The molecule has 0 aromatic carbocycles. The summed E-state index contributed by atoms with van der Waals surface area (Å²) < 4.78 is 0. The summed E-state index contributed by atoms with van der Waals surface area (Å²) in [5.74, 6) is 1.01. The van der Waals surface area contributed by atoms with E-state index >= 15 is 0 Å². The fourth-order valence-electron chi connectivity index (χ4n) is 3.00. The fourth-order valence-corrected chi connectivity index (χ4v) is 3.79. The molecule has 0 aromatic rings. The van der Waals surface area contributed by atoms with Gasteiger partial charge in [0.1, 0.15) is 0 Å². The highest BCUT2D eigenvalue weighted by molar-refractivity contribution is 8.02. The fraction of sp³-hybridized carbons (Fsp3) is 0.818. The number of fused-ring (bicyclic) bond motifs is 3. The van der Waals surface area contributed by atoms with Crippen LogP contribution in [0.1, 0.15) is 26.2 Å². The van der Waals surface area contributed by atoms with Gasteiger partial charge >= 0.3 is 0 Å². The summed E-state index contributed by atoms with van der Waals surface area (Å²) >= 11 is 1.95. The van der Waals surface area contributed by atoms with E-state index in [2.05, 4.69) is 28.3 Å². The summed E-state index contributed by atoms with van der Waals surface area (Å²) in [5, 5.41) is 2.90. The van der Waals surface area contributed by atoms with Crippen LogP contribution in [0.15, 0.2) is 11.6 Å². The van der Waals surface area contributed by atoms with Gasteiger partial charge in [0.2, 0.25) is 0 Å². The molecule has 4 rings (SSSR count). The van der Waals surface area contributed by atoms with Crippen molar-refractivity contribution in [1.82, 2.24) is 9.80 Å². The SMILES string of the molecule is CC1SC=CN1C1CC2CCN1CC2. The minimum Gasteiger partial charge on any atom is -0.350 e. The number of rotatable bonds is 1. The molecule has 2 atom stereocenters. The first kappa shape index (κ1) is 9.10. The largest absolute Gasteiger partial charge is 0.350 e. The predicted molar refractivity (Wildman–Crippen MR) is 60.7 cm³/mol. The predicted octanol–water partition coefficient (Wildman–Crippen LogP) is 2.29. The van der Waals surface area contributed by atoms with E-state index in [1.807, 2.05) is 11.8 Å². The quantitative estimate of drug-likeness (QED) is 0.655. The second-order valence-electron chi connectivity index (χ2n) is 4.66. The zero-order valence-corrected chi connectivity index (χ0v) is 9.54. The van der Waals surface area contributed by atoms with E-state index in [-0.39, 0.29) is 0 Å². The van der Waals surface area contributed by atoms with Crippen molar-refractivity contribution in [2.24, 2.45) is 5.92 Å². The van der Waals surface area contributed by atoms with Gasteiger partial charge in [-0.1, -0.05) is 0 Å². The average molecular weight is 210 g/mol. The van der Waals surface area contributed by atoms with Crippen molar-refractivity contribution in [2.45, 2.75) is 37.7 Å². The van der Waals surface area contributed by atoms with Crippen LogP contribution in [0.5, 0.6) is 0 Å². The Morgan fingerprint density at radius 1 is 1.29 bits per heavy atom. The first-order valence-electron chi connectivity index (χ1n) is 5.68. The summed E-state index contributed by atoms with van der Waals surface area (Å²) in [4.78, 5) is 5.22. The van der Waals surface area contributed by atoms with Crippen LogP contribution in [-0.2, 0) is 0 Å². The van der Waals surface area contributed by atoms with Crippen molar-refractivity contribution in [3.8, 4) is 0 Å². The van der Waals surface area contributed by atoms with Gasteiger partial charge in [0.25, 0.3) is 0 Å². The lowest BCUT2D eigenvalue weighted by atomic mass is 9.86. The molecular weight excluding hydrogens is 192 g/mol. The Morgan fingerprint density at radius 3 is 2.57 bits per heavy atom. The van der Waals surface area contributed by atoms with Crippen LogP contribution in [0.2, 0.25) is 0 Å². The zero-order chi connectivity index (χ0) is 9.54. The molecule has 2 nitrogen and oxygen atoms in total. The lowest BCUT2D eigenvalue weighted by Gasteiger charge is -2.49. The molecule has 0 N–H and O–H groups in total. The lowest BCUT2D eigenvalue weighted by molar-refractivity contribution is -0.0245. The maximum atomic E-state index is 2.67. The van der Waals surface area contributed by atoms with E-state index in [0.29, 0.717) is 11.5 Å². The molecular formula is C11H18N2S. The Bertz CT molecular complexity index is 246. The molecule has 0 aliphatic carbocycles. The van der Waals surface area contributed by atoms with Gasteiger partial charge in [0.15, 0.2) is 0 Å². The van der Waals surface area contributed by atoms with Crippen LogP contribution in [-0.4, -0.2) is 34.4 Å². The summed E-state index contributed by atoms with van der Waals surface area (Å²) in [6.07, 6.45) is 7.28. The molecule has 0 spiro atoms. The molecule has 4 aliphatic heterocycles. The molecule has 3 fully saturated rings. The summed E-state index contributed by atoms with van der Waals surface area (Å²) in [5.41, 5.74) is 0. The molecule has 0 amide bonds. The molecule has 3 heteroatoms. The Balaban J connectivity index is 1.75. The van der Waals surface area contributed by atoms with Crippen molar-refractivity contribution in [3.63, 3.8) is 0 Å². The third-order valence-corrected chi connectivity index (χ3v) is 4.80. The van der Waals surface area contributed by atoms with Crippen LogP contribution in [0.4, 0.5) is 0 Å². The topological polar surface area (TPSA) is 6.48 Å². The Labute approximate surface area is 90.3 Å². The molecule has 3 saturated heterocycles. The second-order valence-corrected chi connectivity index (χ2v) is 5.89. The third-order valence-electron chi connectivity index (χ3n) is 3.89. The van der Waals surface area contributed by atoms with Crippen LogP contribution in [0, 0.1) is 5.92 Å². The van der Waals surface area contributed by atoms with E-state index in [0.717, 1.165) is 5.92 Å². The molecule has 0 aromatic heterocycles. The minimum atomic E-state index is 0.652. The Morgan fingerprint density at radius 2 is 2.07 bits per heavy atom. The molecule has 0 radical (unpaired) electrons. The molecule has 4 aliphatic rings. The summed E-state index contributed by atoms with van der Waals surface area (Å²) in [6, 6.07) is 0. The number of thioether (sulfide) groups is 1. The highest BCUT2D eigenvalue weighted by atomic mass is 32.2. The van der Waals surface area contributed by atoms with Gasteiger partial charge in [-0.05, 0) is 37.5 Å². The number of nitrogens with zero attached hydrogens (tertiary/aromatic N) is 2. The smallest absolute Gasteiger partial charge is 0.0829 e. The van der Waals surface area contributed by atoms with Gasteiger partial charge in [-0.3, -0.25) is 4.90 Å². The van der Waals surface area contributed by atoms with Crippen molar-refractivity contribution in [2.75, 3.05) is 13.1 Å². The van der Waals surface area contributed by atoms with Crippen molar-refractivity contribution in [3.05, 3.63) is 11.6 Å². The normalized spacial score (nSPS) is 46.2. The maximum Gasteiger partial charge on any atom is 0.0829 e. The third kappa shape index (κ3) is 1.38. The number of hydrogen-bond acceptors (Lipinski definition) is 3. The first-order chi connectivity index (χ1) is 6.84. The lowest BCUT2D eigenvalue weighted by Crippen LogP contribution is -2.56. The standard InChI is InChI=1S/C11H18N2S/c1-9-13(6-7-14-9)11-8-10-2-4-12(11)5-3-10/h6-7,9-11H,2-5,8H2,1H3. The molecule has 2 bridgehead atoms. The monoisotopic (exact) mass is 210 g/mol. The van der Waals surface area contributed by atoms with Crippen LogP contribution in [0.3, 0.4) is 0 Å². The molecule has 4 heterocycles. The van der Waals surface area contributed by atoms with Crippen molar-refractivity contribution in [1.29, 1.82) is 0 Å². The van der Waals surface area contributed by atoms with Gasteiger partial charge in [-0.25, -0.2) is 0 Å².